The third kappa shape index (κ3) is 3.51. The predicted molar refractivity (Wildman–Crippen MR) is 81.9 cm³/mol. The Kier molecular flexibility index (Phi) is 4.29. The smallest absolute Gasteiger partial charge is 0.335 e. The van der Waals surface area contributed by atoms with Gasteiger partial charge in [-0.15, -0.1) is 0 Å². The van der Waals surface area contributed by atoms with Crippen LogP contribution < -0.4 is 9.64 Å². The van der Waals surface area contributed by atoms with E-state index in [2.05, 4.69) is 15.9 Å². The third-order valence-corrected chi connectivity index (χ3v) is 3.15. The minimum absolute atomic E-state index is 0.179. The lowest BCUT2D eigenvalue weighted by Crippen LogP contribution is -2.08. The van der Waals surface area contributed by atoms with Gasteiger partial charge in [0.1, 0.15) is 11.5 Å². The van der Waals surface area contributed by atoms with E-state index in [0.717, 1.165) is 5.69 Å². The normalized spacial score (nSPS) is 10.2. The molecular formula is C15H14BrNO3. The lowest BCUT2D eigenvalue weighted by atomic mass is 10.2. The molecule has 0 aliphatic carbocycles. The summed E-state index contributed by atoms with van der Waals surface area (Å²) < 4.78 is 6.38. The van der Waals surface area contributed by atoms with Gasteiger partial charge in [-0.1, -0.05) is 22.0 Å². The Hall–Kier alpha value is -2.01. The lowest BCUT2D eigenvalue weighted by Gasteiger charge is -2.14. The van der Waals surface area contributed by atoms with Crippen LogP contribution >= 0.6 is 15.9 Å². The van der Waals surface area contributed by atoms with Crippen LogP contribution in [0.25, 0.3) is 0 Å². The molecule has 0 saturated heterocycles. The van der Waals surface area contributed by atoms with Crippen LogP contribution in [-0.4, -0.2) is 25.2 Å². The molecule has 0 fully saturated rings. The molecule has 4 nitrogen and oxygen atoms in total. The second kappa shape index (κ2) is 5.96. The van der Waals surface area contributed by atoms with Crippen molar-refractivity contribution in [3.8, 4) is 11.5 Å². The molecule has 0 aliphatic rings. The molecule has 104 valence electrons. The van der Waals surface area contributed by atoms with Crippen molar-refractivity contribution in [2.75, 3.05) is 19.0 Å². The molecule has 0 bridgehead atoms. The number of hydrogen-bond acceptors (Lipinski definition) is 3. The first-order valence-corrected chi connectivity index (χ1v) is 6.74. The molecule has 0 radical (unpaired) electrons. The third-order valence-electron chi connectivity index (χ3n) is 2.69. The van der Waals surface area contributed by atoms with E-state index < -0.39 is 5.97 Å². The highest BCUT2D eigenvalue weighted by atomic mass is 79.9. The Labute approximate surface area is 125 Å². The summed E-state index contributed by atoms with van der Waals surface area (Å²) >= 11 is 3.28. The van der Waals surface area contributed by atoms with Crippen molar-refractivity contribution in [1.82, 2.24) is 0 Å². The quantitative estimate of drug-likeness (QED) is 0.917. The fourth-order valence-electron chi connectivity index (χ4n) is 1.71. The predicted octanol–water partition coefficient (Wildman–Crippen LogP) is 4.01. The zero-order valence-electron chi connectivity index (χ0n) is 11.1. The molecule has 20 heavy (non-hydrogen) atoms. The van der Waals surface area contributed by atoms with Gasteiger partial charge in [0.2, 0.25) is 0 Å². The van der Waals surface area contributed by atoms with Gasteiger partial charge in [0.25, 0.3) is 0 Å². The molecule has 0 heterocycles. The summed E-state index contributed by atoms with van der Waals surface area (Å²) in [6, 6.07) is 12.3. The second-order valence-corrected chi connectivity index (χ2v) is 5.39. The summed E-state index contributed by atoms with van der Waals surface area (Å²) in [6.07, 6.45) is 0. The van der Waals surface area contributed by atoms with Crippen LogP contribution in [0.2, 0.25) is 0 Å². The molecule has 0 spiro atoms. The summed E-state index contributed by atoms with van der Waals surface area (Å²) in [4.78, 5) is 13.0. The van der Waals surface area contributed by atoms with Crippen LogP contribution in [0, 0.1) is 0 Å². The van der Waals surface area contributed by atoms with Crippen molar-refractivity contribution >= 4 is 27.6 Å². The van der Waals surface area contributed by atoms with Gasteiger partial charge in [0.05, 0.1) is 5.56 Å². The first kappa shape index (κ1) is 14.4. The van der Waals surface area contributed by atoms with Crippen LogP contribution in [0.4, 0.5) is 5.69 Å². The van der Waals surface area contributed by atoms with Crippen LogP contribution in [0.3, 0.4) is 0 Å². The number of rotatable bonds is 4. The van der Waals surface area contributed by atoms with Crippen molar-refractivity contribution in [2.24, 2.45) is 0 Å². The maximum atomic E-state index is 11.0. The van der Waals surface area contributed by atoms with E-state index in [9.17, 15) is 4.79 Å². The van der Waals surface area contributed by atoms with Crippen molar-refractivity contribution in [2.45, 2.75) is 0 Å². The minimum atomic E-state index is -0.988. The fraction of sp³-hybridized carbons (Fsp3) is 0.133. The molecular weight excluding hydrogens is 322 g/mol. The number of ether oxygens (including phenoxy) is 1. The average Bonchev–Trinajstić information content (AvgIpc) is 2.38. The van der Waals surface area contributed by atoms with Crippen molar-refractivity contribution in [3.05, 3.63) is 52.5 Å². The Morgan fingerprint density at radius 1 is 1.15 bits per heavy atom. The molecule has 5 heteroatoms. The molecule has 0 atom stereocenters. The number of anilines is 1. The van der Waals surface area contributed by atoms with E-state index in [1.807, 2.05) is 43.3 Å². The van der Waals surface area contributed by atoms with Gasteiger partial charge in [-0.25, -0.2) is 4.79 Å². The molecule has 1 N–H and O–H groups in total. The number of carboxylic acid groups (broad SMARTS) is 1. The van der Waals surface area contributed by atoms with Crippen LogP contribution in [0.5, 0.6) is 11.5 Å². The summed E-state index contributed by atoms with van der Waals surface area (Å²) in [5, 5.41) is 9.03. The van der Waals surface area contributed by atoms with Crippen LogP contribution in [-0.2, 0) is 0 Å². The standard InChI is InChI=1S/C15H14BrNO3/c1-17(2)12-4-3-5-13(9-12)20-14-7-10(15(18)19)6-11(16)8-14/h3-9H,1-2H3,(H,18,19). The number of aromatic carboxylic acids is 1. The van der Waals surface area contributed by atoms with Gasteiger partial charge in [0.15, 0.2) is 0 Å². The highest BCUT2D eigenvalue weighted by Crippen LogP contribution is 2.28. The number of halogens is 1. The SMILES string of the molecule is CN(C)c1cccc(Oc2cc(Br)cc(C(=O)O)c2)c1. The van der Waals surface area contributed by atoms with Gasteiger partial charge in [-0.3, -0.25) is 0 Å². The lowest BCUT2D eigenvalue weighted by molar-refractivity contribution is 0.0696. The van der Waals surface area contributed by atoms with E-state index in [-0.39, 0.29) is 5.56 Å². The zero-order valence-corrected chi connectivity index (χ0v) is 12.7. The Morgan fingerprint density at radius 2 is 1.90 bits per heavy atom. The number of carbonyl (C=O) groups is 1. The molecule has 2 aromatic rings. The first-order chi connectivity index (χ1) is 9.45. The van der Waals surface area contributed by atoms with E-state index in [1.54, 1.807) is 6.07 Å². The molecule has 0 amide bonds. The second-order valence-electron chi connectivity index (χ2n) is 4.47. The Bertz CT molecular complexity index is 641. The first-order valence-electron chi connectivity index (χ1n) is 5.95. The highest BCUT2D eigenvalue weighted by molar-refractivity contribution is 9.10. The topological polar surface area (TPSA) is 49.8 Å². The van der Waals surface area contributed by atoms with Gasteiger partial charge in [-0.05, 0) is 30.3 Å². The number of carboxylic acids is 1. The van der Waals surface area contributed by atoms with E-state index >= 15 is 0 Å². The molecule has 2 rings (SSSR count). The van der Waals surface area contributed by atoms with Crippen LogP contribution in [0.1, 0.15) is 10.4 Å². The molecule has 2 aromatic carbocycles. The van der Waals surface area contributed by atoms with Crippen molar-refractivity contribution in [3.63, 3.8) is 0 Å². The molecule has 0 saturated carbocycles. The zero-order chi connectivity index (χ0) is 14.7. The highest BCUT2D eigenvalue weighted by Gasteiger charge is 2.08. The van der Waals surface area contributed by atoms with Gasteiger partial charge in [-0.2, -0.15) is 0 Å². The summed E-state index contributed by atoms with van der Waals surface area (Å²) in [5.74, 6) is 0.150. The van der Waals surface area contributed by atoms with E-state index in [4.69, 9.17) is 9.84 Å². The Morgan fingerprint density at radius 3 is 2.55 bits per heavy atom. The van der Waals surface area contributed by atoms with Crippen molar-refractivity contribution in [1.29, 1.82) is 0 Å². The van der Waals surface area contributed by atoms with Gasteiger partial charge >= 0.3 is 5.97 Å². The monoisotopic (exact) mass is 335 g/mol. The molecule has 0 aliphatic heterocycles. The molecule has 0 unspecified atom stereocenters. The summed E-state index contributed by atoms with van der Waals surface area (Å²) in [7, 11) is 3.89. The van der Waals surface area contributed by atoms with Gasteiger partial charge in [0, 0.05) is 30.3 Å². The minimum Gasteiger partial charge on any atom is -0.478 e. The largest absolute Gasteiger partial charge is 0.478 e. The maximum absolute atomic E-state index is 11.0. The van der Waals surface area contributed by atoms with Crippen molar-refractivity contribution < 1.29 is 14.6 Å². The summed E-state index contributed by atoms with van der Waals surface area (Å²) in [5.41, 5.74) is 1.19. The maximum Gasteiger partial charge on any atom is 0.335 e. The summed E-state index contributed by atoms with van der Waals surface area (Å²) in [6.45, 7) is 0. The van der Waals surface area contributed by atoms with Crippen LogP contribution in [0.15, 0.2) is 46.9 Å². The van der Waals surface area contributed by atoms with Gasteiger partial charge < -0.3 is 14.7 Å². The Balaban J connectivity index is 2.30. The number of nitrogens with zero attached hydrogens (tertiary/aromatic N) is 1. The molecule has 0 aromatic heterocycles. The van der Waals surface area contributed by atoms with E-state index in [0.29, 0.717) is 16.0 Å². The van der Waals surface area contributed by atoms with E-state index in [1.165, 1.54) is 12.1 Å². The average molecular weight is 336 g/mol. The fourth-order valence-corrected chi connectivity index (χ4v) is 2.18. The number of hydrogen-bond donors (Lipinski definition) is 1. The number of benzene rings is 2.